The van der Waals surface area contributed by atoms with Crippen molar-refractivity contribution in [1.29, 1.82) is 0 Å². The zero-order valence-electron chi connectivity index (χ0n) is 24.9. The minimum atomic E-state index is -0.143. The molecule has 2 saturated heterocycles. The number of likely N-dealkylation sites (N-methyl/N-ethyl adjacent to an activating group) is 2. The number of benzene rings is 3. The van der Waals surface area contributed by atoms with E-state index in [1.165, 1.54) is 5.56 Å². The van der Waals surface area contributed by atoms with E-state index in [2.05, 4.69) is 74.3 Å². The number of imidazole rings is 1. The van der Waals surface area contributed by atoms with E-state index in [0.717, 1.165) is 104 Å². The van der Waals surface area contributed by atoms with Crippen molar-refractivity contribution in [1.82, 2.24) is 29.7 Å². The van der Waals surface area contributed by atoms with E-state index >= 15 is 0 Å². The molecule has 9 heteroatoms. The van der Waals surface area contributed by atoms with E-state index in [1.807, 2.05) is 42.5 Å². The van der Waals surface area contributed by atoms with Gasteiger partial charge in [0.05, 0.1) is 22.1 Å². The van der Waals surface area contributed by atoms with Crippen molar-refractivity contribution >= 4 is 39.3 Å². The molecule has 2 aromatic heterocycles. The molecule has 2 aliphatic heterocycles. The molecular weight excluding hydrogens is 536 g/mol. The second kappa shape index (κ2) is 11.8. The molecule has 2 fully saturated rings. The maximum atomic E-state index is 13.2. The number of H-pyrrole nitrogens is 1. The quantitative estimate of drug-likeness (QED) is 0.308. The highest BCUT2D eigenvalue weighted by Crippen LogP contribution is 2.33. The molecule has 0 bridgehead atoms. The lowest BCUT2D eigenvalue weighted by Crippen LogP contribution is -2.45. The number of aromatic amines is 1. The van der Waals surface area contributed by atoms with Crippen LogP contribution in [0.15, 0.2) is 72.8 Å². The molecule has 0 atom stereocenters. The first kappa shape index (κ1) is 27.5. The van der Waals surface area contributed by atoms with Crippen molar-refractivity contribution in [2.45, 2.75) is 6.54 Å². The predicted octanol–water partition coefficient (Wildman–Crippen LogP) is 4.53. The van der Waals surface area contributed by atoms with Crippen LogP contribution in [0.4, 0.5) is 11.5 Å². The molecule has 2 N–H and O–H groups in total. The van der Waals surface area contributed by atoms with Gasteiger partial charge in [-0.2, -0.15) is 0 Å². The third-order valence-electron chi connectivity index (χ3n) is 8.72. The van der Waals surface area contributed by atoms with Gasteiger partial charge in [0.25, 0.3) is 5.91 Å². The highest BCUT2D eigenvalue weighted by molar-refractivity contribution is 6.06. The zero-order valence-corrected chi connectivity index (χ0v) is 24.9. The summed E-state index contributed by atoms with van der Waals surface area (Å²) >= 11 is 0. The molecule has 7 rings (SSSR count). The first-order chi connectivity index (χ1) is 21.0. The van der Waals surface area contributed by atoms with Crippen molar-refractivity contribution in [2.24, 2.45) is 0 Å². The Labute approximate surface area is 252 Å². The summed E-state index contributed by atoms with van der Waals surface area (Å²) < 4.78 is 0. The van der Waals surface area contributed by atoms with Crippen LogP contribution in [-0.2, 0) is 6.54 Å². The fraction of sp³-hybridized carbons (Fsp3) is 0.324. The second-order valence-corrected chi connectivity index (χ2v) is 11.9. The Morgan fingerprint density at radius 3 is 2.28 bits per heavy atom. The minimum Gasteiger partial charge on any atom is -0.353 e. The highest BCUT2D eigenvalue weighted by atomic mass is 16.1. The lowest BCUT2D eigenvalue weighted by Gasteiger charge is -2.34. The molecule has 3 aromatic carbocycles. The monoisotopic (exact) mass is 574 g/mol. The van der Waals surface area contributed by atoms with Gasteiger partial charge in [-0.25, -0.2) is 9.97 Å². The number of aromatic nitrogens is 3. The number of hydrogen-bond donors (Lipinski definition) is 2. The minimum absolute atomic E-state index is 0.143. The van der Waals surface area contributed by atoms with Crippen LogP contribution in [0.1, 0.15) is 15.9 Å². The molecule has 0 unspecified atom stereocenters. The fourth-order valence-electron chi connectivity index (χ4n) is 5.98. The number of carbonyl (C=O) groups excluding carboxylic acids is 1. The average molecular weight is 575 g/mol. The molecule has 0 radical (unpaired) electrons. The first-order valence-corrected chi connectivity index (χ1v) is 15.1. The summed E-state index contributed by atoms with van der Waals surface area (Å²) in [6, 6.07) is 24.2. The van der Waals surface area contributed by atoms with Gasteiger partial charge in [-0.15, -0.1) is 0 Å². The Bertz CT molecular complexity index is 1750. The van der Waals surface area contributed by atoms with Gasteiger partial charge in [0.1, 0.15) is 11.6 Å². The van der Waals surface area contributed by atoms with Crippen LogP contribution in [0.25, 0.3) is 33.3 Å². The Hall–Kier alpha value is -4.31. The Balaban J connectivity index is 1.11. The normalized spacial score (nSPS) is 17.1. The third-order valence-corrected chi connectivity index (χ3v) is 8.72. The smallest absolute Gasteiger partial charge is 0.255 e. The molecule has 1 amide bonds. The van der Waals surface area contributed by atoms with Crippen LogP contribution in [0, 0.1) is 0 Å². The standard InChI is InChI=1S/C34H38N8O/c1-39-13-17-41(18-14-39)23-24-7-10-27(11-8-24)35-34(43)26-9-12-30-31(22-26)37-32(36-30)28-21-25-5-3-4-6-29(25)38-33(28)42-19-15-40(2)16-20-42/h3-12,21-22H,13-20,23H2,1-2H3,(H,35,43)(H,36,37). The van der Waals surface area contributed by atoms with Gasteiger partial charge in [0.15, 0.2) is 0 Å². The molecule has 0 spiro atoms. The highest BCUT2D eigenvalue weighted by Gasteiger charge is 2.22. The number of para-hydroxylation sites is 1. The van der Waals surface area contributed by atoms with E-state index in [9.17, 15) is 4.79 Å². The van der Waals surface area contributed by atoms with Crippen molar-refractivity contribution in [3.63, 3.8) is 0 Å². The largest absolute Gasteiger partial charge is 0.353 e. The molecule has 0 saturated carbocycles. The SMILES string of the molecule is CN1CCN(Cc2ccc(NC(=O)c3ccc4nc(-c5cc6ccccc6nc5N5CCN(C)CC5)[nH]c4c3)cc2)CC1. The van der Waals surface area contributed by atoms with Crippen LogP contribution in [0.5, 0.6) is 0 Å². The maximum absolute atomic E-state index is 13.2. The number of nitrogens with zero attached hydrogens (tertiary/aromatic N) is 6. The number of fused-ring (bicyclic) bond motifs is 2. The van der Waals surface area contributed by atoms with E-state index in [0.29, 0.717) is 5.56 Å². The Morgan fingerprint density at radius 2 is 1.51 bits per heavy atom. The molecule has 2 aliphatic rings. The van der Waals surface area contributed by atoms with Gasteiger partial charge in [-0.05, 0) is 62.1 Å². The zero-order chi connectivity index (χ0) is 29.3. The van der Waals surface area contributed by atoms with Crippen molar-refractivity contribution in [2.75, 3.05) is 76.7 Å². The number of carbonyl (C=O) groups is 1. The Morgan fingerprint density at radius 1 is 0.791 bits per heavy atom. The fourth-order valence-corrected chi connectivity index (χ4v) is 5.98. The van der Waals surface area contributed by atoms with E-state index in [4.69, 9.17) is 9.97 Å². The first-order valence-electron chi connectivity index (χ1n) is 15.1. The third kappa shape index (κ3) is 5.97. The molecule has 5 aromatic rings. The molecule has 4 heterocycles. The lowest BCUT2D eigenvalue weighted by molar-refractivity contribution is 0.102. The number of pyridine rings is 1. The van der Waals surface area contributed by atoms with Gasteiger partial charge in [-0.3, -0.25) is 9.69 Å². The average Bonchev–Trinajstić information content (AvgIpc) is 3.46. The van der Waals surface area contributed by atoms with Crippen LogP contribution in [0.3, 0.4) is 0 Å². The number of hydrogen-bond acceptors (Lipinski definition) is 7. The molecule has 0 aliphatic carbocycles. The second-order valence-electron chi connectivity index (χ2n) is 11.9. The maximum Gasteiger partial charge on any atom is 0.255 e. The van der Waals surface area contributed by atoms with Crippen LogP contribution >= 0.6 is 0 Å². The summed E-state index contributed by atoms with van der Waals surface area (Å²) in [7, 11) is 4.33. The number of amides is 1. The number of nitrogens with one attached hydrogen (secondary N) is 2. The Kier molecular flexibility index (Phi) is 7.52. The molecular formula is C34H38N8O. The van der Waals surface area contributed by atoms with Gasteiger partial charge < -0.3 is 25.0 Å². The summed E-state index contributed by atoms with van der Waals surface area (Å²) in [5.41, 5.74) is 6.22. The van der Waals surface area contributed by atoms with Crippen molar-refractivity contribution in [3.05, 3.63) is 83.9 Å². The summed E-state index contributed by atoms with van der Waals surface area (Å²) in [5, 5.41) is 4.13. The number of rotatable bonds is 6. The van der Waals surface area contributed by atoms with Crippen molar-refractivity contribution < 1.29 is 4.79 Å². The van der Waals surface area contributed by atoms with Gasteiger partial charge in [0.2, 0.25) is 0 Å². The lowest BCUT2D eigenvalue weighted by atomic mass is 10.1. The van der Waals surface area contributed by atoms with Crippen LogP contribution in [-0.4, -0.2) is 102 Å². The summed E-state index contributed by atoms with van der Waals surface area (Å²) in [6.07, 6.45) is 0. The van der Waals surface area contributed by atoms with Gasteiger partial charge in [0, 0.05) is 75.5 Å². The van der Waals surface area contributed by atoms with E-state index in [1.54, 1.807) is 0 Å². The van der Waals surface area contributed by atoms with Crippen molar-refractivity contribution in [3.8, 4) is 11.4 Å². The summed E-state index contributed by atoms with van der Waals surface area (Å²) in [5.74, 6) is 1.56. The molecule has 220 valence electrons. The van der Waals surface area contributed by atoms with E-state index < -0.39 is 0 Å². The summed E-state index contributed by atoms with van der Waals surface area (Å²) in [6.45, 7) is 9.12. The van der Waals surface area contributed by atoms with Gasteiger partial charge in [-0.1, -0.05) is 30.3 Å². The van der Waals surface area contributed by atoms with Crippen LogP contribution in [0.2, 0.25) is 0 Å². The molecule has 9 nitrogen and oxygen atoms in total. The predicted molar refractivity (Wildman–Crippen MR) is 174 cm³/mol. The summed E-state index contributed by atoms with van der Waals surface area (Å²) in [4.78, 5) is 36.3. The van der Waals surface area contributed by atoms with Gasteiger partial charge >= 0.3 is 0 Å². The van der Waals surface area contributed by atoms with Crippen LogP contribution < -0.4 is 10.2 Å². The topological polar surface area (TPSA) is 83.6 Å². The van der Waals surface area contributed by atoms with E-state index in [-0.39, 0.29) is 5.91 Å². The number of piperazine rings is 2. The molecule has 43 heavy (non-hydrogen) atoms. The number of anilines is 2.